The second-order valence-electron chi connectivity index (χ2n) is 7.47. The molecule has 1 amide bonds. The van der Waals surface area contributed by atoms with E-state index in [1.807, 2.05) is 37.3 Å². The summed E-state index contributed by atoms with van der Waals surface area (Å²) < 4.78 is 0.945. The fourth-order valence-electron chi connectivity index (χ4n) is 3.17. The topological polar surface area (TPSA) is 59.8 Å². The highest BCUT2D eigenvalue weighted by Crippen LogP contribution is 2.25. The number of aromatic nitrogens is 3. The van der Waals surface area contributed by atoms with Gasteiger partial charge in [0.05, 0.1) is 16.3 Å². The Balaban J connectivity index is 1.65. The molecule has 7 heteroatoms. The number of nitrogens with zero attached hydrogens (tertiary/aromatic N) is 3. The highest BCUT2D eigenvalue weighted by molar-refractivity contribution is 14.1. The molecule has 0 aliphatic heterocycles. The molecular weight excluding hydrogens is 511 g/mol. The van der Waals surface area contributed by atoms with Gasteiger partial charge in [-0.2, -0.15) is 4.80 Å². The predicted octanol–water partition coefficient (Wildman–Crippen LogP) is 6.36. The van der Waals surface area contributed by atoms with Crippen molar-refractivity contribution >= 4 is 56.8 Å². The number of carbonyl (C=O) groups excluding carboxylic acids is 1. The first-order valence-corrected chi connectivity index (χ1v) is 11.0. The molecule has 152 valence electrons. The third-order valence-electron chi connectivity index (χ3n) is 4.94. The van der Waals surface area contributed by atoms with Crippen molar-refractivity contribution < 1.29 is 4.79 Å². The number of aryl methyl sites for hydroxylation is 1. The fraction of sp³-hybridized carbons (Fsp3) is 0.174. The van der Waals surface area contributed by atoms with Gasteiger partial charge in [0.15, 0.2) is 0 Å². The van der Waals surface area contributed by atoms with Gasteiger partial charge < -0.3 is 5.32 Å². The molecule has 0 radical (unpaired) electrons. The Morgan fingerprint density at radius 2 is 1.70 bits per heavy atom. The van der Waals surface area contributed by atoms with E-state index in [1.54, 1.807) is 16.9 Å². The lowest BCUT2D eigenvalue weighted by Crippen LogP contribution is -2.13. The van der Waals surface area contributed by atoms with Crippen LogP contribution in [-0.2, 0) is 0 Å². The van der Waals surface area contributed by atoms with Crippen molar-refractivity contribution in [2.75, 3.05) is 5.32 Å². The summed E-state index contributed by atoms with van der Waals surface area (Å²) >= 11 is 8.36. The Kier molecular flexibility index (Phi) is 5.79. The zero-order valence-electron chi connectivity index (χ0n) is 16.8. The van der Waals surface area contributed by atoms with Crippen LogP contribution in [0.25, 0.3) is 16.7 Å². The number of halogens is 2. The molecule has 3 aromatic carbocycles. The average molecular weight is 531 g/mol. The quantitative estimate of drug-likeness (QED) is 0.312. The summed E-state index contributed by atoms with van der Waals surface area (Å²) in [6.07, 6.45) is 0. The molecule has 0 aliphatic carbocycles. The second kappa shape index (κ2) is 8.35. The number of hydrogen-bond acceptors (Lipinski definition) is 3. The minimum atomic E-state index is -0.252. The number of amides is 1. The van der Waals surface area contributed by atoms with Gasteiger partial charge >= 0.3 is 0 Å². The van der Waals surface area contributed by atoms with Gasteiger partial charge in [0, 0.05) is 9.26 Å². The van der Waals surface area contributed by atoms with Gasteiger partial charge in [0.1, 0.15) is 11.0 Å². The molecule has 0 atom stereocenters. The molecule has 0 saturated heterocycles. The lowest BCUT2D eigenvalue weighted by atomic mass is 10.0. The number of hydrogen-bond donors (Lipinski definition) is 1. The van der Waals surface area contributed by atoms with Crippen LogP contribution in [-0.4, -0.2) is 20.9 Å². The number of nitrogens with one attached hydrogen (secondary N) is 1. The maximum Gasteiger partial charge on any atom is 0.257 e. The molecular formula is C23H20ClIN4O. The van der Waals surface area contributed by atoms with E-state index in [9.17, 15) is 4.79 Å². The maximum atomic E-state index is 12.7. The van der Waals surface area contributed by atoms with Crippen LogP contribution >= 0.6 is 34.2 Å². The molecule has 30 heavy (non-hydrogen) atoms. The first-order valence-electron chi connectivity index (χ1n) is 9.56. The summed E-state index contributed by atoms with van der Waals surface area (Å²) in [7, 11) is 0. The molecule has 4 rings (SSSR count). The van der Waals surface area contributed by atoms with Crippen LogP contribution in [0.1, 0.15) is 41.3 Å². The molecule has 0 fully saturated rings. The number of anilines is 1. The summed E-state index contributed by atoms with van der Waals surface area (Å²) in [5.74, 6) is 0.219. The first kappa shape index (κ1) is 20.8. The smallest absolute Gasteiger partial charge is 0.257 e. The molecule has 0 saturated carbocycles. The summed E-state index contributed by atoms with van der Waals surface area (Å²) in [5.41, 5.74) is 5.67. The van der Waals surface area contributed by atoms with Crippen molar-refractivity contribution in [3.05, 3.63) is 79.9 Å². The maximum absolute atomic E-state index is 12.7. The molecule has 0 bridgehead atoms. The average Bonchev–Trinajstić information content (AvgIpc) is 3.12. The van der Waals surface area contributed by atoms with Crippen LogP contribution in [0.5, 0.6) is 0 Å². The summed E-state index contributed by atoms with van der Waals surface area (Å²) in [6.45, 7) is 6.26. The van der Waals surface area contributed by atoms with E-state index in [1.165, 1.54) is 5.56 Å². The van der Waals surface area contributed by atoms with E-state index < -0.39 is 0 Å². The van der Waals surface area contributed by atoms with Crippen LogP contribution in [0.4, 0.5) is 5.69 Å². The van der Waals surface area contributed by atoms with Gasteiger partial charge in [-0.05, 0) is 89.0 Å². The molecule has 5 nitrogen and oxygen atoms in total. The van der Waals surface area contributed by atoms with Gasteiger partial charge in [-0.15, -0.1) is 10.2 Å². The molecule has 1 heterocycles. The standard InChI is InChI=1S/C23H20ClIN4O/c1-13(2)15-4-7-17(8-5-15)29-27-21-10-14(3)20(12-22(21)28-29)26-23(30)18-11-16(25)6-9-19(18)24/h4-13H,1-3H3,(H,26,30). The fourth-order valence-corrected chi connectivity index (χ4v) is 3.87. The molecule has 1 N–H and O–H groups in total. The highest BCUT2D eigenvalue weighted by Gasteiger charge is 2.14. The van der Waals surface area contributed by atoms with Crippen molar-refractivity contribution in [2.45, 2.75) is 26.7 Å². The van der Waals surface area contributed by atoms with Crippen molar-refractivity contribution in [3.8, 4) is 5.69 Å². The minimum Gasteiger partial charge on any atom is -0.322 e. The Morgan fingerprint density at radius 3 is 2.37 bits per heavy atom. The zero-order chi connectivity index (χ0) is 21.4. The first-order chi connectivity index (χ1) is 14.3. The van der Waals surface area contributed by atoms with Crippen LogP contribution in [0.15, 0.2) is 54.6 Å². The van der Waals surface area contributed by atoms with E-state index in [2.05, 4.69) is 64.1 Å². The predicted molar refractivity (Wildman–Crippen MR) is 130 cm³/mol. The highest BCUT2D eigenvalue weighted by atomic mass is 127. The third-order valence-corrected chi connectivity index (χ3v) is 5.94. The van der Waals surface area contributed by atoms with E-state index in [0.717, 1.165) is 20.3 Å². The van der Waals surface area contributed by atoms with Crippen molar-refractivity contribution in [3.63, 3.8) is 0 Å². The SMILES string of the molecule is Cc1cc2nn(-c3ccc(C(C)C)cc3)nc2cc1NC(=O)c1cc(I)ccc1Cl. The lowest BCUT2D eigenvalue weighted by Gasteiger charge is -2.09. The monoisotopic (exact) mass is 530 g/mol. The van der Waals surface area contributed by atoms with Crippen LogP contribution in [0, 0.1) is 10.5 Å². The van der Waals surface area contributed by atoms with Crippen LogP contribution in [0.2, 0.25) is 5.02 Å². The largest absolute Gasteiger partial charge is 0.322 e. The Morgan fingerprint density at radius 1 is 1.03 bits per heavy atom. The van der Waals surface area contributed by atoms with Gasteiger partial charge in [-0.25, -0.2) is 0 Å². The van der Waals surface area contributed by atoms with Crippen LogP contribution < -0.4 is 5.32 Å². The lowest BCUT2D eigenvalue weighted by molar-refractivity contribution is 0.102. The summed E-state index contributed by atoms with van der Waals surface area (Å²) in [6, 6.07) is 17.3. The number of rotatable bonds is 4. The molecule has 1 aromatic heterocycles. The number of carbonyl (C=O) groups is 1. The normalized spacial score (nSPS) is 11.3. The molecule has 0 unspecified atom stereocenters. The van der Waals surface area contributed by atoms with Gasteiger partial charge in [-0.1, -0.05) is 37.6 Å². The second-order valence-corrected chi connectivity index (χ2v) is 9.12. The van der Waals surface area contributed by atoms with Crippen molar-refractivity contribution in [2.24, 2.45) is 0 Å². The van der Waals surface area contributed by atoms with E-state index >= 15 is 0 Å². The van der Waals surface area contributed by atoms with Gasteiger partial charge in [-0.3, -0.25) is 4.79 Å². The Hall–Kier alpha value is -2.45. The van der Waals surface area contributed by atoms with Crippen molar-refractivity contribution in [1.82, 2.24) is 15.0 Å². The number of fused-ring (bicyclic) bond motifs is 1. The summed E-state index contributed by atoms with van der Waals surface area (Å²) in [5, 5.41) is 12.6. The zero-order valence-corrected chi connectivity index (χ0v) is 19.7. The summed E-state index contributed by atoms with van der Waals surface area (Å²) in [4.78, 5) is 14.4. The molecule has 0 spiro atoms. The van der Waals surface area contributed by atoms with Crippen molar-refractivity contribution in [1.29, 1.82) is 0 Å². The minimum absolute atomic E-state index is 0.252. The third kappa shape index (κ3) is 4.20. The molecule has 0 aliphatic rings. The van der Waals surface area contributed by atoms with Gasteiger partial charge in [0.2, 0.25) is 0 Å². The van der Waals surface area contributed by atoms with E-state index in [0.29, 0.717) is 27.7 Å². The van der Waals surface area contributed by atoms with Crippen LogP contribution in [0.3, 0.4) is 0 Å². The van der Waals surface area contributed by atoms with Gasteiger partial charge in [0.25, 0.3) is 5.91 Å². The Labute approximate surface area is 193 Å². The molecule has 4 aromatic rings. The number of benzene rings is 3. The van der Waals surface area contributed by atoms with E-state index in [-0.39, 0.29) is 5.91 Å². The Bertz CT molecular complexity index is 1250. The van der Waals surface area contributed by atoms with E-state index in [4.69, 9.17) is 11.6 Å².